The first-order valence-electron chi connectivity index (χ1n) is 9.04. The minimum absolute atomic E-state index is 0.116. The first-order chi connectivity index (χ1) is 15.1. The van der Waals surface area contributed by atoms with Crippen molar-refractivity contribution in [2.24, 2.45) is 0 Å². The molecular weight excluding hydrogens is 453 g/mol. The molecule has 0 saturated heterocycles. The maximum Gasteiger partial charge on any atom is 0.454 e. The summed E-state index contributed by atoms with van der Waals surface area (Å²) in [5.41, 5.74) is 1.45. The van der Waals surface area contributed by atoms with Crippen LogP contribution in [0.15, 0.2) is 54.6 Å². The molecule has 0 spiro atoms. The number of fused-ring (bicyclic) bond motifs is 1. The van der Waals surface area contributed by atoms with Crippen molar-refractivity contribution in [1.82, 2.24) is 4.98 Å². The summed E-state index contributed by atoms with van der Waals surface area (Å²) in [5, 5.41) is -0.806. The minimum Gasteiger partial charge on any atom is -0.427 e. The molecule has 1 aromatic heterocycles. The third-order valence-electron chi connectivity index (χ3n) is 4.31. The van der Waals surface area contributed by atoms with Crippen molar-refractivity contribution in [3.63, 3.8) is 0 Å². The summed E-state index contributed by atoms with van der Waals surface area (Å²) in [6.45, 7) is 1.87. The van der Waals surface area contributed by atoms with Crippen LogP contribution in [0.2, 0.25) is 0 Å². The Hall–Kier alpha value is -3.53. The third-order valence-corrected chi connectivity index (χ3v) is 5.38. The van der Waals surface area contributed by atoms with Gasteiger partial charge in [-0.15, -0.1) is 11.3 Å². The molecule has 0 bridgehead atoms. The number of benzene rings is 3. The summed E-state index contributed by atoms with van der Waals surface area (Å²) in [5.74, 6) is -6.54. The highest BCUT2D eigenvalue weighted by molar-refractivity contribution is 7.18. The fraction of sp³-hybridized carbons (Fsp3) is 0.0909. The number of carbonyl (C=O) groups excluding carboxylic acids is 1. The molecule has 0 aliphatic heterocycles. The molecule has 0 aliphatic rings. The molecule has 0 unspecified atom stereocenters. The van der Waals surface area contributed by atoms with Crippen LogP contribution in [0.5, 0.6) is 11.5 Å². The van der Waals surface area contributed by atoms with Gasteiger partial charge in [-0.05, 0) is 31.2 Å². The second-order valence-electron chi connectivity index (χ2n) is 6.72. The lowest BCUT2D eigenvalue weighted by molar-refractivity contribution is -0.185. The molecular formula is C22H12F5NO3S. The van der Waals surface area contributed by atoms with Crippen molar-refractivity contribution in [3.8, 4) is 11.5 Å². The number of aryl methyl sites for hydroxylation is 1. The molecule has 10 heteroatoms. The van der Waals surface area contributed by atoms with Gasteiger partial charge in [0.2, 0.25) is 5.01 Å². The van der Waals surface area contributed by atoms with Crippen molar-refractivity contribution >= 4 is 27.5 Å². The molecule has 4 rings (SSSR count). The normalized spacial score (nSPS) is 11.6. The van der Waals surface area contributed by atoms with Crippen LogP contribution in [0.1, 0.15) is 20.9 Å². The highest BCUT2D eigenvalue weighted by atomic mass is 32.1. The second-order valence-corrected chi connectivity index (χ2v) is 7.75. The van der Waals surface area contributed by atoms with E-state index < -0.39 is 40.3 Å². The van der Waals surface area contributed by atoms with E-state index in [1.807, 2.05) is 6.92 Å². The predicted octanol–water partition coefficient (Wildman–Crippen LogP) is 6.37. The molecule has 0 atom stereocenters. The van der Waals surface area contributed by atoms with E-state index in [4.69, 9.17) is 4.74 Å². The zero-order valence-corrected chi connectivity index (χ0v) is 17.0. The number of ether oxygens (including phenoxy) is 2. The van der Waals surface area contributed by atoms with E-state index in [1.54, 1.807) is 24.3 Å². The Morgan fingerprint density at radius 1 is 0.938 bits per heavy atom. The molecule has 0 aliphatic carbocycles. The van der Waals surface area contributed by atoms with Crippen LogP contribution in [0, 0.1) is 24.4 Å². The van der Waals surface area contributed by atoms with Gasteiger partial charge in [0.15, 0.2) is 17.5 Å². The van der Waals surface area contributed by atoms with Crippen molar-refractivity contribution in [2.75, 3.05) is 0 Å². The van der Waals surface area contributed by atoms with Crippen molar-refractivity contribution < 1.29 is 36.2 Å². The average Bonchev–Trinajstić information content (AvgIpc) is 3.16. The maximum atomic E-state index is 14.5. The van der Waals surface area contributed by atoms with Gasteiger partial charge >= 0.3 is 12.1 Å². The molecule has 3 aromatic carbocycles. The van der Waals surface area contributed by atoms with E-state index in [0.717, 1.165) is 5.56 Å². The number of hydrogen-bond donors (Lipinski definition) is 0. The number of halogens is 5. The topological polar surface area (TPSA) is 48.4 Å². The Balaban J connectivity index is 1.56. The molecule has 4 aromatic rings. The number of thiazole rings is 1. The van der Waals surface area contributed by atoms with E-state index in [9.17, 15) is 26.7 Å². The molecule has 164 valence electrons. The lowest BCUT2D eigenvalue weighted by Gasteiger charge is -2.15. The molecule has 0 fully saturated rings. The van der Waals surface area contributed by atoms with Gasteiger partial charge in [-0.3, -0.25) is 0 Å². The first kappa shape index (κ1) is 21.7. The van der Waals surface area contributed by atoms with Crippen LogP contribution in [0.3, 0.4) is 0 Å². The molecule has 1 heterocycles. The quantitative estimate of drug-likeness (QED) is 0.149. The number of esters is 1. The standard InChI is InChI=1S/C22H12F5NO3S/c1-11-2-4-12(5-3-11)20(29)30-13-6-7-17-18(10-13)32-21(28-17)22(26,27)31-14-8-15(23)19(25)16(24)9-14/h2-10H,1H3. The predicted molar refractivity (Wildman–Crippen MR) is 107 cm³/mol. The zero-order chi connectivity index (χ0) is 23.0. The number of carbonyl (C=O) groups is 1. The molecule has 0 radical (unpaired) electrons. The smallest absolute Gasteiger partial charge is 0.427 e. The fourth-order valence-electron chi connectivity index (χ4n) is 2.73. The third kappa shape index (κ3) is 4.40. The van der Waals surface area contributed by atoms with Crippen LogP contribution < -0.4 is 9.47 Å². The van der Waals surface area contributed by atoms with Crippen LogP contribution in [-0.2, 0) is 6.11 Å². The van der Waals surface area contributed by atoms with Gasteiger partial charge in [-0.1, -0.05) is 17.7 Å². The highest BCUT2D eigenvalue weighted by Gasteiger charge is 2.39. The lowest BCUT2D eigenvalue weighted by Crippen LogP contribution is -2.21. The Morgan fingerprint density at radius 2 is 1.59 bits per heavy atom. The Bertz CT molecular complexity index is 1300. The molecule has 4 nitrogen and oxygen atoms in total. The first-order valence-corrected chi connectivity index (χ1v) is 9.85. The van der Waals surface area contributed by atoms with E-state index in [-0.39, 0.29) is 16.0 Å². The second kappa shape index (κ2) is 8.19. The lowest BCUT2D eigenvalue weighted by atomic mass is 10.1. The summed E-state index contributed by atoms with van der Waals surface area (Å²) in [6.07, 6.45) is -4.06. The number of aromatic nitrogens is 1. The van der Waals surface area contributed by atoms with E-state index in [0.29, 0.717) is 29.0 Å². The molecule has 0 saturated carbocycles. The summed E-state index contributed by atoms with van der Waals surface area (Å²) < 4.78 is 78.5. The van der Waals surface area contributed by atoms with Crippen LogP contribution in [0.25, 0.3) is 10.2 Å². The summed E-state index contributed by atoms with van der Waals surface area (Å²) in [6, 6.07) is 11.4. The van der Waals surface area contributed by atoms with Gasteiger partial charge in [-0.25, -0.2) is 22.9 Å². The summed E-state index contributed by atoms with van der Waals surface area (Å²) in [4.78, 5) is 16.0. The Kier molecular flexibility index (Phi) is 5.55. The van der Waals surface area contributed by atoms with Crippen LogP contribution in [-0.4, -0.2) is 11.0 Å². The van der Waals surface area contributed by atoms with Gasteiger partial charge in [0, 0.05) is 18.2 Å². The van der Waals surface area contributed by atoms with Gasteiger partial charge in [0.05, 0.1) is 15.8 Å². The van der Waals surface area contributed by atoms with Gasteiger partial charge in [0.1, 0.15) is 11.5 Å². The maximum absolute atomic E-state index is 14.5. The molecule has 32 heavy (non-hydrogen) atoms. The number of rotatable bonds is 5. The summed E-state index contributed by atoms with van der Waals surface area (Å²) in [7, 11) is 0. The number of alkyl halides is 2. The fourth-order valence-corrected chi connectivity index (χ4v) is 3.64. The Morgan fingerprint density at radius 3 is 2.25 bits per heavy atom. The van der Waals surface area contributed by atoms with Crippen LogP contribution >= 0.6 is 11.3 Å². The van der Waals surface area contributed by atoms with E-state index >= 15 is 0 Å². The van der Waals surface area contributed by atoms with E-state index in [1.165, 1.54) is 18.2 Å². The van der Waals surface area contributed by atoms with Gasteiger partial charge in [-0.2, -0.15) is 8.78 Å². The van der Waals surface area contributed by atoms with Gasteiger partial charge < -0.3 is 9.47 Å². The Labute approximate surface area is 181 Å². The zero-order valence-electron chi connectivity index (χ0n) is 16.2. The highest BCUT2D eigenvalue weighted by Crippen LogP contribution is 2.38. The monoisotopic (exact) mass is 465 g/mol. The van der Waals surface area contributed by atoms with Crippen molar-refractivity contribution in [1.29, 1.82) is 0 Å². The average molecular weight is 465 g/mol. The van der Waals surface area contributed by atoms with E-state index in [2.05, 4.69) is 9.72 Å². The largest absolute Gasteiger partial charge is 0.454 e. The van der Waals surface area contributed by atoms with Crippen molar-refractivity contribution in [2.45, 2.75) is 13.0 Å². The summed E-state index contributed by atoms with van der Waals surface area (Å²) >= 11 is 0.535. The van der Waals surface area contributed by atoms with Gasteiger partial charge in [0.25, 0.3) is 0 Å². The molecule has 0 N–H and O–H groups in total. The molecule has 0 amide bonds. The SMILES string of the molecule is Cc1ccc(C(=O)Oc2ccc3nc(C(F)(F)Oc4cc(F)c(F)c(F)c4)sc3c2)cc1. The number of nitrogens with zero attached hydrogens (tertiary/aromatic N) is 1. The number of hydrogen-bond acceptors (Lipinski definition) is 5. The van der Waals surface area contributed by atoms with Crippen LogP contribution in [0.4, 0.5) is 22.0 Å². The minimum atomic E-state index is -4.06. The van der Waals surface area contributed by atoms with Crippen molar-refractivity contribution in [3.05, 3.63) is 88.2 Å².